The van der Waals surface area contributed by atoms with Crippen molar-refractivity contribution >= 4 is 23.6 Å². The number of nitrogens with zero attached hydrogens (tertiary/aromatic N) is 1. The highest BCUT2D eigenvalue weighted by Crippen LogP contribution is 2.29. The third-order valence-corrected chi connectivity index (χ3v) is 3.70. The van der Waals surface area contributed by atoms with E-state index in [4.69, 9.17) is 5.11 Å². The Morgan fingerprint density at radius 2 is 2.16 bits per heavy atom. The van der Waals surface area contributed by atoms with Gasteiger partial charge in [0.25, 0.3) is 5.91 Å². The van der Waals surface area contributed by atoms with Gasteiger partial charge in [-0.25, -0.2) is 4.39 Å². The van der Waals surface area contributed by atoms with E-state index in [0.717, 1.165) is 12.8 Å². The molecule has 1 fully saturated rings. The van der Waals surface area contributed by atoms with E-state index in [9.17, 15) is 14.0 Å². The quantitative estimate of drug-likeness (QED) is 0.842. The normalized spacial score (nSPS) is 14.2. The number of benzene rings is 1. The molecule has 1 aliphatic rings. The summed E-state index contributed by atoms with van der Waals surface area (Å²) in [4.78, 5) is 24.8. The molecule has 0 bridgehead atoms. The number of hydrogen-bond donors (Lipinski definition) is 1. The van der Waals surface area contributed by atoms with Crippen molar-refractivity contribution in [3.63, 3.8) is 0 Å². The molecule has 1 N–H and O–H groups in total. The molecule has 1 aromatic carbocycles. The summed E-state index contributed by atoms with van der Waals surface area (Å²) in [5, 5.41) is 8.84. The lowest BCUT2D eigenvalue weighted by molar-refractivity contribution is -0.137. The fraction of sp³-hybridized carbons (Fsp3) is 0.385. The van der Waals surface area contributed by atoms with E-state index in [1.54, 1.807) is 6.26 Å². The number of halogens is 1. The molecule has 0 saturated heterocycles. The van der Waals surface area contributed by atoms with Crippen LogP contribution in [0.2, 0.25) is 0 Å². The van der Waals surface area contributed by atoms with Crippen LogP contribution in [0.25, 0.3) is 0 Å². The zero-order chi connectivity index (χ0) is 14.0. The van der Waals surface area contributed by atoms with Crippen LogP contribution in [0.3, 0.4) is 0 Å². The molecule has 4 nitrogen and oxygen atoms in total. The molecule has 0 aromatic heterocycles. The predicted molar refractivity (Wildman–Crippen MR) is 69.9 cm³/mol. The van der Waals surface area contributed by atoms with Crippen molar-refractivity contribution in [2.75, 3.05) is 12.8 Å². The molecule has 0 heterocycles. The highest BCUT2D eigenvalue weighted by Gasteiger charge is 2.34. The van der Waals surface area contributed by atoms with Gasteiger partial charge in [0.15, 0.2) is 0 Å². The van der Waals surface area contributed by atoms with E-state index in [2.05, 4.69) is 0 Å². The lowest BCUT2D eigenvalue weighted by atomic mass is 10.2. The molecular weight excluding hydrogens is 269 g/mol. The minimum atomic E-state index is -1.03. The summed E-state index contributed by atoms with van der Waals surface area (Å²) in [7, 11) is 0. The molecule has 0 radical (unpaired) electrons. The van der Waals surface area contributed by atoms with Crippen LogP contribution in [-0.2, 0) is 4.79 Å². The highest BCUT2D eigenvalue weighted by atomic mass is 32.2. The maximum absolute atomic E-state index is 13.4. The Labute approximate surface area is 114 Å². The molecule has 0 spiro atoms. The van der Waals surface area contributed by atoms with Crippen LogP contribution in [0, 0.1) is 5.82 Å². The summed E-state index contributed by atoms with van der Waals surface area (Å²) in [6.45, 7) is -0.310. The first-order valence-corrected chi connectivity index (χ1v) is 7.11. The first kappa shape index (κ1) is 13.9. The third-order valence-electron chi connectivity index (χ3n) is 2.95. The Hall–Kier alpha value is -1.56. The van der Waals surface area contributed by atoms with Gasteiger partial charge in [-0.2, -0.15) is 0 Å². The molecule has 1 aromatic rings. The first-order valence-electron chi connectivity index (χ1n) is 5.89. The Kier molecular flexibility index (Phi) is 4.09. The van der Waals surface area contributed by atoms with Crippen LogP contribution in [0.1, 0.15) is 23.2 Å². The number of carboxylic acid groups (broad SMARTS) is 1. The second-order valence-corrected chi connectivity index (χ2v) is 5.26. The molecule has 0 aliphatic heterocycles. The monoisotopic (exact) mass is 283 g/mol. The molecule has 2 rings (SSSR count). The van der Waals surface area contributed by atoms with E-state index in [0.29, 0.717) is 10.5 Å². The zero-order valence-electron chi connectivity index (χ0n) is 10.4. The number of carbonyl (C=O) groups is 2. The number of carbonyl (C=O) groups excluding carboxylic acids is 1. The summed E-state index contributed by atoms with van der Waals surface area (Å²) in [5.41, 5.74) is 0.332. The molecule has 1 aliphatic carbocycles. The molecule has 6 heteroatoms. The van der Waals surface area contributed by atoms with Gasteiger partial charge < -0.3 is 10.0 Å². The summed E-state index contributed by atoms with van der Waals surface area (Å²) >= 11 is 1.21. The second-order valence-electron chi connectivity index (χ2n) is 4.41. The number of rotatable bonds is 5. The number of carboxylic acids is 1. The van der Waals surface area contributed by atoms with Crippen molar-refractivity contribution in [1.82, 2.24) is 4.90 Å². The second kappa shape index (κ2) is 5.61. The lowest BCUT2D eigenvalue weighted by Crippen LogP contribution is -2.37. The van der Waals surface area contributed by atoms with Gasteiger partial charge in [-0.1, -0.05) is 0 Å². The van der Waals surface area contributed by atoms with Crippen molar-refractivity contribution in [2.24, 2.45) is 0 Å². The van der Waals surface area contributed by atoms with Crippen molar-refractivity contribution < 1.29 is 19.1 Å². The Morgan fingerprint density at radius 1 is 1.47 bits per heavy atom. The topological polar surface area (TPSA) is 57.6 Å². The van der Waals surface area contributed by atoms with Crippen molar-refractivity contribution in [3.8, 4) is 0 Å². The summed E-state index contributed by atoms with van der Waals surface area (Å²) in [5.74, 6) is -1.76. The standard InChI is InChI=1S/C13H14FNO3S/c1-19-11-6-8(2-5-10(11)14)13(18)15(7-12(16)17)9-3-4-9/h2,5-6,9H,3-4,7H2,1H3,(H,16,17). The van der Waals surface area contributed by atoms with Gasteiger partial charge in [0.05, 0.1) is 0 Å². The van der Waals surface area contributed by atoms with E-state index in [-0.39, 0.29) is 24.3 Å². The molecule has 0 unspecified atom stereocenters. The highest BCUT2D eigenvalue weighted by molar-refractivity contribution is 7.98. The fourth-order valence-corrected chi connectivity index (χ4v) is 2.37. The smallest absolute Gasteiger partial charge is 0.323 e. The Balaban J connectivity index is 2.23. The van der Waals surface area contributed by atoms with Gasteiger partial charge in [-0.05, 0) is 37.3 Å². The average molecular weight is 283 g/mol. The molecule has 0 atom stereocenters. The van der Waals surface area contributed by atoms with Gasteiger partial charge >= 0.3 is 5.97 Å². The molecule has 19 heavy (non-hydrogen) atoms. The molecular formula is C13H14FNO3S. The number of aliphatic carboxylic acids is 1. The van der Waals surface area contributed by atoms with Crippen molar-refractivity contribution in [1.29, 1.82) is 0 Å². The Morgan fingerprint density at radius 3 is 2.68 bits per heavy atom. The maximum Gasteiger partial charge on any atom is 0.323 e. The average Bonchev–Trinajstić information content (AvgIpc) is 3.20. The molecule has 1 amide bonds. The third kappa shape index (κ3) is 3.26. The summed E-state index contributed by atoms with van der Waals surface area (Å²) in [6, 6.07) is 4.12. The van der Waals surface area contributed by atoms with Gasteiger partial charge in [-0.3, -0.25) is 9.59 Å². The van der Waals surface area contributed by atoms with Crippen LogP contribution >= 0.6 is 11.8 Å². The summed E-state index contributed by atoms with van der Waals surface area (Å²) < 4.78 is 13.4. The van der Waals surface area contributed by atoms with Crippen molar-refractivity contribution in [3.05, 3.63) is 29.6 Å². The van der Waals surface area contributed by atoms with Gasteiger partial charge in [-0.15, -0.1) is 11.8 Å². The van der Waals surface area contributed by atoms with E-state index in [1.807, 2.05) is 0 Å². The number of amides is 1. The van der Waals surface area contributed by atoms with Gasteiger partial charge in [0.1, 0.15) is 12.4 Å². The Bertz CT molecular complexity index is 517. The van der Waals surface area contributed by atoms with E-state index < -0.39 is 5.97 Å². The predicted octanol–water partition coefficient (Wildman–Crippen LogP) is 2.24. The molecule has 1 saturated carbocycles. The van der Waals surface area contributed by atoms with Crippen molar-refractivity contribution in [2.45, 2.75) is 23.8 Å². The maximum atomic E-state index is 13.4. The van der Waals surface area contributed by atoms with Crippen LogP contribution in [0.4, 0.5) is 4.39 Å². The van der Waals surface area contributed by atoms with Gasteiger partial charge in [0.2, 0.25) is 0 Å². The van der Waals surface area contributed by atoms with Crippen LogP contribution in [0.15, 0.2) is 23.1 Å². The lowest BCUT2D eigenvalue weighted by Gasteiger charge is -2.20. The minimum Gasteiger partial charge on any atom is -0.480 e. The summed E-state index contributed by atoms with van der Waals surface area (Å²) in [6.07, 6.45) is 3.38. The van der Waals surface area contributed by atoms with Crippen LogP contribution in [-0.4, -0.2) is 40.7 Å². The zero-order valence-corrected chi connectivity index (χ0v) is 11.2. The van der Waals surface area contributed by atoms with E-state index in [1.165, 1.54) is 34.9 Å². The number of thioether (sulfide) groups is 1. The first-order chi connectivity index (χ1) is 9.02. The number of hydrogen-bond acceptors (Lipinski definition) is 3. The SMILES string of the molecule is CSc1cc(C(=O)N(CC(=O)O)C2CC2)ccc1F. The largest absolute Gasteiger partial charge is 0.480 e. The van der Waals surface area contributed by atoms with Gasteiger partial charge in [0, 0.05) is 16.5 Å². The minimum absolute atomic E-state index is 0.00591. The van der Waals surface area contributed by atoms with Crippen LogP contribution < -0.4 is 0 Å². The fourth-order valence-electron chi connectivity index (χ4n) is 1.86. The van der Waals surface area contributed by atoms with E-state index >= 15 is 0 Å². The van der Waals surface area contributed by atoms with Crippen LogP contribution in [0.5, 0.6) is 0 Å². The molecule has 102 valence electrons.